The number of para-hydroxylation sites is 1. The fourth-order valence-electron chi connectivity index (χ4n) is 5.83. The fourth-order valence-corrected chi connectivity index (χ4v) is 5.83. The van der Waals surface area contributed by atoms with E-state index in [4.69, 9.17) is 4.74 Å². The summed E-state index contributed by atoms with van der Waals surface area (Å²) in [6, 6.07) is 22.0. The van der Waals surface area contributed by atoms with Gasteiger partial charge >= 0.3 is 0 Å². The molecule has 210 valence electrons. The van der Waals surface area contributed by atoms with Crippen LogP contribution in [0.1, 0.15) is 39.7 Å². The van der Waals surface area contributed by atoms with Gasteiger partial charge in [-0.15, -0.1) is 5.10 Å². The number of ether oxygens (including phenoxy) is 1. The molecule has 6 rings (SSSR count). The number of H-pyrrole nitrogens is 1. The third-order valence-corrected chi connectivity index (χ3v) is 8.30. The fraction of sp³-hybridized carbons (Fsp3) is 0.312. The number of anilines is 1. The van der Waals surface area contributed by atoms with Crippen molar-refractivity contribution in [3.8, 4) is 5.75 Å². The Morgan fingerprint density at radius 1 is 0.927 bits per heavy atom. The van der Waals surface area contributed by atoms with Gasteiger partial charge in [-0.1, -0.05) is 42.5 Å². The summed E-state index contributed by atoms with van der Waals surface area (Å²) >= 11 is 0. The molecule has 9 nitrogen and oxygen atoms in total. The number of aryl methyl sites for hydroxylation is 2. The van der Waals surface area contributed by atoms with Crippen LogP contribution in [0.25, 0.3) is 10.9 Å². The molecule has 0 bridgehead atoms. The number of hydrogen-bond acceptors (Lipinski definition) is 7. The lowest BCUT2D eigenvalue weighted by molar-refractivity contribution is 0.200. The number of rotatable bonds is 7. The van der Waals surface area contributed by atoms with E-state index in [2.05, 4.69) is 62.4 Å². The van der Waals surface area contributed by atoms with E-state index in [-0.39, 0.29) is 5.56 Å². The second kappa shape index (κ2) is 11.2. The zero-order valence-electron chi connectivity index (χ0n) is 24.0. The van der Waals surface area contributed by atoms with Crippen LogP contribution in [-0.2, 0) is 6.54 Å². The standard InChI is InChI=1S/C32H35N7O2/c1-21-7-6-10-28(23(21)3)37-15-17-38(18-16-37)30(27-19-25-9-5-8-22(2)29(25)33-32(27)40)31-34-35-36-39(31)20-24-11-13-26(41-4)14-12-24/h5-14,19,30H,15-18,20H2,1-4H3,(H,33,40). The van der Waals surface area contributed by atoms with Crippen LogP contribution in [0.15, 0.2) is 71.5 Å². The van der Waals surface area contributed by atoms with Crippen molar-refractivity contribution in [3.63, 3.8) is 0 Å². The monoisotopic (exact) mass is 549 g/mol. The Kier molecular flexibility index (Phi) is 7.28. The summed E-state index contributed by atoms with van der Waals surface area (Å²) in [5, 5.41) is 13.9. The van der Waals surface area contributed by atoms with Crippen LogP contribution in [0.5, 0.6) is 5.75 Å². The maximum absolute atomic E-state index is 13.7. The Hall–Kier alpha value is -4.50. The Morgan fingerprint density at radius 3 is 2.41 bits per heavy atom. The van der Waals surface area contributed by atoms with Gasteiger partial charge < -0.3 is 14.6 Å². The SMILES string of the molecule is COc1ccc(Cn2nnnc2C(c2cc3cccc(C)c3[nH]c2=O)N2CCN(c3cccc(C)c3C)CC2)cc1. The normalized spacial score (nSPS) is 14.9. The molecule has 9 heteroatoms. The summed E-state index contributed by atoms with van der Waals surface area (Å²) in [5.41, 5.74) is 7.33. The zero-order valence-corrected chi connectivity index (χ0v) is 24.0. The van der Waals surface area contributed by atoms with Crippen molar-refractivity contribution < 1.29 is 4.74 Å². The minimum Gasteiger partial charge on any atom is -0.497 e. The van der Waals surface area contributed by atoms with Crippen LogP contribution in [0.2, 0.25) is 0 Å². The number of nitrogens with one attached hydrogen (secondary N) is 1. The smallest absolute Gasteiger partial charge is 0.253 e. The highest BCUT2D eigenvalue weighted by Gasteiger charge is 2.33. The molecule has 1 aliphatic heterocycles. The first-order chi connectivity index (χ1) is 19.9. The number of nitrogens with zero attached hydrogens (tertiary/aromatic N) is 6. The van der Waals surface area contributed by atoms with Crippen LogP contribution >= 0.6 is 0 Å². The molecular formula is C32H35N7O2. The summed E-state index contributed by atoms with van der Waals surface area (Å²) in [6.07, 6.45) is 0. The van der Waals surface area contributed by atoms with E-state index in [0.717, 1.165) is 54.0 Å². The molecule has 1 fully saturated rings. The molecule has 3 aromatic carbocycles. The quantitative estimate of drug-likeness (QED) is 0.322. The lowest BCUT2D eigenvalue weighted by Gasteiger charge is -2.40. The van der Waals surface area contributed by atoms with Crippen molar-refractivity contribution in [1.29, 1.82) is 0 Å². The molecular weight excluding hydrogens is 514 g/mol. The summed E-state index contributed by atoms with van der Waals surface area (Å²) < 4.78 is 7.13. The topological polar surface area (TPSA) is 92.2 Å². The van der Waals surface area contributed by atoms with Crippen molar-refractivity contribution in [2.75, 3.05) is 38.2 Å². The van der Waals surface area contributed by atoms with Gasteiger partial charge in [-0.2, -0.15) is 0 Å². The van der Waals surface area contributed by atoms with Crippen LogP contribution < -0.4 is 15.2 Å². The average Bonchev–Trinajstić information content (AvgIpc) is 3.44. The van der Waals surface area contributed by atoms with Crippen LogP contribution in [0.4, 0.5) is 5.69 Å². The number of aromatic nitrogens is 5. The van der Waals surface area contributed by atoms with Crippen molar-refractivity contribution in [2.24, 2.45) is 0 Å². The van der Waals surface area contributed by atoms with E-state index < -0.39 is 6.04 Å². The highest BCUT2D eigenvalue weighted by molar-refractivity contribution is 5.82. The largest absolute Gasteiger partial charge is 0.497 e. The lowest BCUT2D eigenvalue weighted by atomic mass is 10.0. The van der Waals surface area contributed by atoms with Gasteiger partial charge in [-0.3, -0.25) is 9.69 Å². The second-order valence-electron chi connectivity index (χ2n) is 10.8. The minimum atomic E-state index is -0.405. The van der Waals surface area contributed by atoms with Gasteiger partial charge in [0.1, 0.15) is 11.8 Å². The summed E-state index contributed by atoms with van der Waals surface area (Å²) in [6.45, 7) is 10.0. The van der Waals surface area contributed by atoms with E-state index in [1.807, 2.05) is 60.1 Å². The number of methoxy groups -OCH3 is 1. The molecule has 0 spiro atoms. The Morgan fingerprint density at radius 2 is 1.66 bits per heavy atom. The summed E-state index contributed by atoms with van der Waals surface area (Å²) in [7, 11) is 1.65. The molecule has 0 amide bonds. The van der Waals surface area contributed by atoms with Crippen LogP contribution in [0.3, 0.4) is 0 Å². The highest BCUT2D eigenvalue weighted by atomic mass is 16.5. The summed E-state index contributed by atoms with van der Waals surface area (Å²) in [5.74, 6) is 1.45. The third-order valence-electron chi connectivity index (χ3n) is 8.30. The first kappa shape index (κ1) is 26.7. The molecule has 2 aromatic heterocycles. The number of benzene rings is 3. The first-order valence-electron chi connectivity index (χ1n) is 14.0. The molecule has 1 atom stereocenters. The van der Waals surface area contributed by atoms with Gasteiger partial charge in [-0.25, -0.2) is 4.68 Å². The number of hydrogen-bond donors (Lipinski definition) is 1. The van der Waals surface area contributed by atoms with Gasteiger partial charge in [0.25, 0.3) is 5.56 Å². The zero-order chi connectivity index (χ0) is 28.5. The molecule has 41 heavy (non-hydrogen) atoms. The van der Waals surface area contributed by atoms with Crippen molar-refractivity contribution in [2.45, 2.75) is 33.4 Å². The van der Waals surface area contributed by atoms with E-state index >= 15 is 0 Å². The van der Waals surface area contributed by atoms with E-state index in [9.17, 15) is 4.79 Å². The highest BCUT2D eigenvalue weighted by Crippen LogP contribution is 2.31. The number of fused-ring (bicyclic) bond motifs is 1. The average molecular weight is 550 g/mol. The lowest BCUT2D eigenvalue weighted by Crippen LogP contribution is -2.49. The van der Waals surface area contributed by atoms with Gasteiger partial charge in [0, 0.05) is 37.4 Å². The summed E-state index contributed by atoms with van der Waals surface area (Å²) in [4.78, 5) is 21.6. The van der Waals surface area contributed by atoms with Gasteiger partial charge in [-0.05, 0) is 83.1 Å². The number of aromatic amines is 1. The van der Waals surface area contributed by atoms with E-state index in [0.29, 0.717) is 17.9 Å². The van der Waals surface area contributed by atoms with Crippen molar-refractivity contribution >= 4 is 16.6 Å². The van der Waals surface area contributed by atoms with Crippen molar-refractivity contribution in [3.05, 3.63) is 111 Å². The minimum absolute atomic E-state index is 0.118. The third kappa shape index (κ3) is 5.20. The number of tetrazole rings is 1. The molecule has 0 saturated carbocycles. The predicted octanol–water partition coefficient (Wildman–Crippen LogP) is 4.41. The molecule has 1 unspecified atom stereocenters. The molecule has 3 heterocycles. The molecule has 0 aliphatic carbocycles. The molecule has 5 aromatic rings. The Balaban J connectivity index is 1.38. The van der Waals surface area contributed by atoms with E-state index in [1.165, 1.54) is 16.8 Å². The molecule has 1 saturated heterocycles. The molecule has 0 radical (unpaired) electrons. The maximum Gasteiger partial charge on any atom is 0.253 e. The second-order valence-corrected chi connectivity index (χ2v) is 10.8. The van der Waals surface area contributed by atoms with Gasteiger partial charge in [0.2, 0.25) is 0 Å². The molecule has 1 aliphatic rings. The van der Waals surface area contributed by atoms with Crippen LogP contribution in [-0.4, -0.2) is 63.4 Å². The van der Waals surface area contributed by atoms with Gasteiger partial charge in [0.05, 0.1) is 19.2 Å². The Labute approximate surface area is 239 Å². The Bertz CT molecular complexity index is 1730. The van der Waals surface area contributed by atoms with Crippen LogP contribution in [0, 0.1) is 20.8 Å². The first-order valence-corrected chi connectivity index (χ1v) is 14.0. The predicted molar refractivity (Wildman–Crippen MR) is 161 cm³/mol. The number of piperazine rings is 1. The number of pyridine rings is 1. The van der Waals surface area contributed by atoms with E-state index in [1.54, 1.807) is 7.11 Å². The maximum atomic E-state index is 13.7. The van der Waals surface area contributed by atoms with Crippen molar-refractivity contribution in [1.82, 2.24) is 30.1 Å². The molecule has 1 N–H and O–H groups in total. The van der Waals surface area contributed by atoms with Gasteiger partial charge in [0.15, 0.2) is 5.82 Å².